The first kappa shape index (κ1) is 11.7. The zero-order valence-electron chi connectivity index (χ0n) is 10.9. The number of rotatable bonds is 2. The molecule has 0 aromatic carbocycles. The summed E-state index contributed by atoms with van der Waals surface area (Å²) in [6, 6.07) is 6.10. The lowest BCUT2D eigenvalue weighted by Crippen LogP contribution is -2.38. The molecule has 98 valence electrons. The molecule has 19 heavy (non-hydrogen) atoms. The molecule has 0 unspecified atom stereocenters. The van der Waals surface area contributed by atoms with Crippen LogP contribution in [0.3, 0.4) is 0 Å². The topological polar surface area (TPSA) is 57.8 Å². The van der Waals surface area contributed by atoms with Gasteiger partial charge in [0.2, 0.25) is 5.96 Å². The van der Waals surface area contributed by atoms with Crippen LogP contribution in [-0.4, -0.2) is 29.8 Å². The molecule has 1 aliphatic heterocycles. The summed E-state index contributed by atoms with van der Waals surface area (Å²) in [7, 11) is 2.02. The van der Waals surface area contributed by atoms with Gasteiger partial charge in [0.05, 0.1) is 19.5 Å². The molecule has 0 bridgehead atoms. The number of nitrogens with zero attached hydrogens (tertiary/aromatic N) is 4. The summed E-state index contributed by atoms with van der Waals surface area (Å²) in [6.07, 6.45) is 6.93. The first-order chi connectivity index (χ1) is 9.34. The number of pyridine rings is 1. The lowest BCUT2D eigenvalue weighted by Gasteiger charge is -2.12. The summed E-state index contributed by atoms with van der Waals surface area (Å²) in [5.41, 5.74) is 5.07. The Morgan fingerprint density at radius 1 is 1.53 bits per heavy atom. The van der Waals surface area contributed by atoms with Crippen molar-refractivity contribution in [2.45, 2.75) is 6.42 Å². The van der Waals surface area contributed by atoms with Gasteiger partial charge in [-0.15, -0.1) is 0 Å². The van der Waals surface area contributed by atoms with Crippen molar-refractivity contribution in [2.24, 2.45) is 17.1 Å². The van der Waals surface area contributed by atoms with Gasteiger partial charge in [0.15, 0.2) is 5.69 Å². The molecule has 2 aromatic heterocycles. The largest absolute Gasteiger partial charge is 0.355 e. The lowest BCUT2D eigenvalue weighted by molar-refractivity contribution is -0.510. The van der Waals surface area contributed by atoms with E-state index in [1.807, 2.05) is 31.6 Å². The molecule has 1 aliphatic rings. The second-order valence-electron chi connectivity index (χ2n) is 4.46. The number of aryl methyl sites for hydroxylation is 1. The summed E-state index contributed by atoms with van der Waals surface area (Å²) in [4.78, 5) is 4.29. The predicted molar refractivity (Wildman–Crippen MR) is 74.2 cm³/mol. The highest BCUT2D eigenvalue weighted by molar-refractivity contribution is 5.83. The van der Waals surface area contributed by atoms with Crippen LogP contribution in [-0.2, 0) is 7.05 Å². The SMILES string of the molecule is Cn1c(/C=N\NC2=NCCCN2)c[n+]2ccccc12. The van der Waals surface area contributed by atoms with E-state index < -0.39 is 0 Å². The van der Waals surface area contributed by atoms with E-state index in [9.17, 15) is 0 Å². The van der Waals surface area contributed by atoms with Gasteiger partial charge in [-0.3, -0.25) is 4.99 Å². The highest BCUT2D eigenvalue weighted by Gasteiger charge is 2.11. The van der Waals surface area contributed by atoms with Crippen molar-refractivity contribution in [1.82, 2.24) is 15.3 Å². The minimum atomic E-state index is 0.744. The number of imidazole rings is 1. The van der Waals surface area contributed by atoms with Crippen LogP contribution in [0.4, 0.5) is 0 Å². The Bertz CT molecular complexity index is 640. The number of hydrogen-bond acceptors (Lipinski definition) is 4. The van der Waals surface area contributed by atoms with Crippen molar-refractivity contribution in [2.75, 3.05) is 13.1 Å². The van der Waals surface area contributed by atoms with Gasteiger partial charge in [0, 0.05) is 19.2 Å². The summed E-state index contributed by atoms with van der Waals surface area (Å²) in [5.74, 6) is 0.744. The van der Waals surface area contributed by atoms with Crippen LogP contribution in [0, 0.1) is 0 Å². The van der Waals surface area contributed by atoms with Gasteiger partial charge in [-0.1, -0.05) is 6.07 Å². The van der Waals surface area contributed by atoms with Crippen molar-refractivity contribution in [1.29, 1.82) is 0 Å². The van der Waals surface area contributed by atoms with Gasteiger partial charge < -0.3 is 5.32 Å². The Balaban J connectivity index is 1.77. The van der Waals surface area contributed by atoms with Crippen molar-refractivity contribution in [3.8, 4) is 0 Å². The molecule has 0 aliphatic carbocycles. The molecule has 6 heteroatoms. The van der Waals surface area contributed by atoms with E-state index >= 15 is 0 Å². The second kappa shape index (κ2) is 5.09. The van der Waals surface area contributed by atoms with E-state index in [0.29, 0.717) is 0 Å². The standard InChI is InChI=1S/C13H17N6/c1-18-11(10-19-8-3-2-5-12(18)19)9-16-17-13-14-6-4-7-15-13/h2-3,5,8-10H,4,6-7H2,1H3,(H2,14,15,17)/q+1/b16-9-. The van der Waals surface area contributed by atoms with E-state index in [1.54, 1.807) is 6.21 Å². The Hall–Kier alpha value is -2.37. The van der Waals surface area contributed by atoms with Crippen molar-refractivity contribution >= 4 is 17.8 Å². The zero-order chi connectivity index (χ0) is 13.1. The van der Waals surface area contributed by atoms with Crippen LogP contribution in [0.25, 0.3) is 5.65 Å². The predicted octanol–water partition coefficient (Wildman–Crippen LogP) is 0.0366. The minimum absolute atomic E-state index is 0.744. The summed E-state index contributed by atoms with van der Waals surface area (Å²) in [5, 5.41) is 7.38. The number of hydrogen-bond donors (Lipinski definition) is 2. The first-order valence-electron chi connectivity index (χ1n) is 6.38. The van der Waals surface area contributed by atoms with Crippen LogP contribution in [0.1, 0.15) is 12.1 Å². The molecule has 3 heterocycles. The molecule has 0 atom stereocenters. The highest BCUT2D eigenvalue weighted by atomic mass is 15.4. The van der Waals surface area contributed by atoms with E-state index in [4.69, 9.17) is 0 Å². The van der Waals surface area contributed by atoms with Crippen LogP contribution in [0.5, 0.6) is 0 Å². The number of aromatic nitrogens is 2. The number of guanidine groups is 1. The van der Waals surface area contributed by atoms with Crippen molar-refractivity contribution in [3.63, 3.8) is 0 Å². The maximum Gasteiger partial charge on any atom is 0.286 e. The number of aliphatic imine (C=N–C) groups is 1. The van der Waals surface area contributed by atoms with Gasteiger partial charge in [0.25, 0.3) is 5.65 Å². The lowest BCUT2D eigenvalue weighted by atomic mass is 10.4. The van der Waals surface area contributed by atoms with Crippen LogP contribution >= 0.6 is 0 Å². The maximum atomic E-state index is 4.29. The molecule has 0 amide bonds. The van der Waals surface area contributed by atoms with Gasteiger partial charge in [-0.2, -0.15) is 5.10 Å². The third-order valence-electron chi connectivity index (χ3n) is 3.13. The molecular weight excluding hydrogens is 240 g/mol. The van der Waals surface area contributed by atoms with Gasteiger partial charge in [-0.25, -0.2) is 14.4 Å². The number of nitrogens with one attached hydrogen (secondary N) is 2. The van der Waals surface area contributed by atoms with Crippen LogP contribution in [0.2, 0.25) is 0 Å². The third kappa shape index (κ3) is 2.42. The summed E-state index contributed by atoms with van der Waals surface area (Å²) in [6.45, 7) is 1.81. The first-order valence-corrected chi connectivity index (χ1v) is 6.38. The van der Waals surface area contributed by atoms with Gasteiger partial charge in [0.1, 0.15) is 6.20 Å². The minimum Gasteiger partial charge on any atom is -0.355 e. The molecule has 0 radical (unpaired) electrons. The molecule has 0 saturated heterocycles. The third-order valence-corrected chi connectivity index (χ3v) is 3.13. The Morgan fingerprint density at radius 3 is 3.26 bits per heavy atom. The fourth-order valence-electron chi connectivity index (χ4n) is 2.09. The van der Waals surface area contributed by atoms with Crippen molar-refractivity contribution < 1.29 is 4.40 Å². The Morgan fingerprint density at radius 2 is 2.47 bits per heavy atom. The quantitative estimate of drug-likeness (QED) is 0.453. The summed E-state index contributed by atoms with van der Waals surface area (Å²) >= 11 is 0. The van der Waals surface area contributed by atoms with E-state index in [0.717, 1.165) is 36.8 Å². The van der Waals surface area contributed by atoms with E-state index in [-0.39, 0.29) is 0 Å². The molecule has 0 spiro atoms. The molecule has 3 rings (SSSR count). The fraction of sp³-hybridized carbons (Fsp3) is 0.308. The number of hydrazone groups is 1. The summed E-state index contributed by atoms with van der Waals surface area (Å²) < 4.78 is 4.15. The molecule has 2 aromatic rings. The van der Waals surface area contributed by atoms with Gasteiger partial charge in [-0.05, 0) is 12.5 Å². The Labute approximate surface area is 111 Å². The molecule has 2 N–H and O–H groups in total. The Kier molecular flexibility index (Phi) is 3.14. The fourth-order valence-corrected chi connectivity index (χ4v) is 2.09. The monoisotopic (exact) mass is 257 g/mol. The highest BCUT2D eigenvalue weighted by Crippen LogP contribution is 2.00. The molecule has 0 fully saturated rings. The van der Waals surface area contributed by atoms with Crippen molar-refractivity contribution in [3.05, 3.63) is 36.3 Å². The number of fused-ring (bicyclic) bond motifs is 1. The van der Waals surface area contributed by atoms with E-state index in [2.05, 4.69) is 35.9 Å². The molecule has 0 saturated carbocycles. The average molecular weight is 257 g/mol. The molecule has 6 nitrogen and oxygen atoms in total. The second-order valence-corrected chi connectivity index (χ2v) is 4.46. The maximum absolute atomic E-state index is 4.29. The van der Waals surface area contributed by atoms with Gasteiger partial charge >= 0.3 is 0 Å². The molecular formula is C13H17N6+. The average Bonchev–Trinajstić information content (AvgIpc) is 2.78. The zero-order valence-corrected chi connectivity index (χ0v) is 10.9. The van der Waals surface area contributed by atoms with Crippen LogP contribution < -0.4 is 15.1 Å². The normalized spacial score (nSPS) is 15.5. The smallest absolute Gasteiger partial charge is 0.286 e. The van der Waals surface area contributed by atoms with E-state index in [1.165, 1.54) is 0 Å². The van der Waals surface area contributed by atoms with Crippen LogP contribution in [0.15, 0.2) is 40.7 Å².